The number of aromatic nitrogens is 3. The molecule has 6 nitrogen and oxygen atoms in total. The summed E-state index contributed by atoms with van der Waals surface area (Å²) in [7, 11) is 0. The van der Waals surface area contributed by atoms with Crippen molar-refractivity contribution >= 4 is 17.3 Å². The number of carbonyl (C=O) groups is 1. The average molecular weight is 314 g/mol. The molecule has 0 aromatic carbocycles. The van der Waals surface area contributed by atoms with E-state index in [1.165, 1.54) is 29.1 Å². The van der Waals surface area contributed by atoms with E-state index in [-0.39, 0.29) is 12.1 Å². The average Bonchev–Trinajstić information content (AvgIpc) is 3.05. The van der Waals surface area contributed by atoms with E-state index in [1.807, 2.05) is 0 Å². The Morgan fingerprint density at radius 3 is 3.05 bits per heavy atom. The van der Waals surface area contributed by atoms with E-state index in [4.69, 9.17) is 0 Å². The molecule has 2 aromatic heterocycles. The summed E-state index contributed by atoms with van der Waals surface area (Å²) in [6, 6.07) is 0.707. The Morgan fingerprint density at radius 1 is 1.57 bits per heavy atom. The first-order valence-corrected chi connectivity index (χ1v) is 7.11. The van der Waals surface area contributed by atoms with Crippen molar-refractivity contribution in [3.8, 4) is 0 Å². The molecule has 1 atom stereocenters. The Balaban J connectivity index is 1.80. The zero-order valence-corrected chi connectivity index (χ0v) is 11.6. The molecular weight excluding hydrogens is 302 g/mol. The minimum atomic E-state index is -2.50. The second-order valence-corrected chi connectivity index (χ2v) is 5.80. The molecule has 0 radical (unpaired) electrons. The molecule has 0 aliphatic carbocycles. The number of thiophene rings is 1. The first-order chi connectivity index (χ1) is 10.0. The standard InChI is InChI=1S/C12H12F2N4O2S/c13-11(14)7-1-8(21-5-7)2-17-4-10-16-15-6-18(10)3-9(17)12(19)20/h1,5-6,9,11H,2-4H2,(H,19,20). The summed E-state index contributed by atoms with van der Waals surface area (Å²) in [6.07, 6.45) is -1.00. The molecule has 0 saturated heterocycles. The molecule has 2 aromatic rings. The van der Waals surface area contributed by atoms with E-state index in [1.54, 1.807) is 9.47 Å². The number of nitrogens with zero attached hydrogens (tertiary/aromatic N) is 4. The number of rotatable bonds is 4. The van der Waals surface area contributed by atoms with E-state index in [0.717, 1.165) is 0 Å². The lowest BCUT2D eigenvalue weighted by Gasteiger charge is -2.32. The topological polar surface area (TPSA) is 71.2 Å². The fourth-order valence-electron chi connectivity index (χ4n) is 2.34. The SMILES string of the molecule is O=C(O)C1Cn2cnnc2CN1Cc1cc(C(F)F)cs1. The Hall–Kier alpha value is -1.87. The highest BCUT2D eigenvalue weighted by atomic mass is 32.1. The van der Waals surface area contributed by atoms with Gasteiger partial charge < -0.3 is 9.67 Å². The van der Waals surface area contributed by atoms with Crippen LogP contribution in [0.3, 0.4) is 0 Å². The number of alkyl halides is 2. The smallest absolute Gasteiger partial charge is 0.322 e. The third-order valence-corrected chi connectivity index (χ3v) is 4.36. The third kappa shape index (κ3) is 2.79. The second kappa shape index (κ2) is 5.49. The zero-order chi connectivity index (χ0) is 15.0. The van der Waals surface area contributed by atoms with Gasteiger partial charge in [0.2, 0.25) is 0 Å². The molecule has 1 N–H and O–H groups in total. The lowest BCUT2D eigenvalue weighted by molar-refractivity contribution is -0.145. The maximum atomic E-state index is 12.6. The Kier molecular flexibility index (Phi) is 3.68. The summed E-state index contributed by atoms with van der Waals surface area (Å²) in [5, 5.41) is 18.4. The summed E-state index contributed by atoms with van der Waals surface area (Å²) in [4.78, 5) is 13.8. The summed E-state index contributed by atoms with van der Waals surface area (Å²) in [6.45, 7) is 0.894. The predicted octanol–water partition coefficient (Wildman–Crippen LogP) is 1.75. The first kappa shape index (κ1) is 14.1. The number of halogens is 2. The number of carboxylic acid groups (broad SMARTS) is 1. The highest BCUT2D eigenvalue weighted by Crippen LogP contribution is 2.27. The molecule has 0 bridgehead atoms. The van der Waals surface area contributed by atoms with Crippen LogP contribution in [0, 0.1) is 0 Å². The van der Waals surface area contributed by atoms with Gasteiger partial charge in [0.05, 0.1) is 13.1 Å². The maximum Gasteiger partial charge on any atom is 0.322 e. The molecule has 0 amide bonds. The van der Waals surface area contributed by atoms with Crippen molar-refractivity contribution in [1.29, 1.82) is 0 Å². The fraction of sp³-hybridized carbons (Fsp3) is 0.417. The van der Waals surface area contributed by atoms with Crippen molar-refractivity contribution in [3.63, 3.8) is 0 Å². The van der Waals surface area contributed by atoms with Crippen LogP contribution in [0.4, 0.5) is 8.78 Å². The number of aliphatic carboxylic acids is 1. The van der Waals surface area contributed by atoms with Gasteiger partial charge in [0.15, 0.2) is 0 Å². The van der Waals surface area contributed by atoms with Crippen LogP contribution in [0.15, 0.2) is 17.8 Å². The molecule has 1 unspecified atom stereocenters. The highest BCUT2D eigenvalue weighted by molar-refractivity contribution is 7.10. The first-order valence-electron chi connectivity index (χ1n) is 6.23. The van der Waals surface area contributed by atoms with Crippen molar-refractivity contribution in [2.24, 2.45) is 0 Å². The fourth-order valence-corrected chi connectivity index (χ4v) is 3.25. The van der Waals surface area contributed by atoms with Crippen LogP contribution < -0.4 is 0 Å². The molecule has 21 heavy (non-hydrogen) atoms. The Bertz CT molecular complexity index is 657. The van der Waals surface area contributed by atoms with Gasteiger partial charge in [0.1, 0.15) is 18.2 Å². The highest BCUT2D eigenvalue weighted by Gasteiger charge is 2.32. The van der Waals surface area contributed by atoms with E-state index >= 15 is 0 Å². The lowest BCUT2D eigenvalue weighted by atomic mass is 10.2. The van der Waals surface area contributed by atoms with Gasteiger partial charge >= 0.3 is 5.97 Å². The van der Waals surface area contributed by atoms with Gasteiger partial charge in [0.25, 0.3) is 6.43 Å². The van der Waals surface area contributed by atoms with Crippen LogP contribution in [0.2, 0.25) is 0 Å². The summed E-state index contributed by atoms with van der Waals surface area (Å²) >= 11 is 1.21. The van der Waals surface area contributed by atoms with Crippen molar-refractivity contribution in [2.75, 3.05) is 0 Å². The van der Waals surface area contributed by atoms with Gasteiger partial charge in [-0.25, -0.2) is 8.78 Å². The van der Waals surface area contributed by atoms with Crippen LogP contribution >= 0.6 is 11.3 Å². The van der Waals surface area contributed by atoms with Crippen molar-refractivity contribution in [2.45, 2.75) is 32.1 Å². The second-order valence-electron chi connectivity index (χ2n) is 4.81. The van der Waals surface area contributed by atoms with Crippen molar-refractivity contribution < 1.29 is 18.7 Å². The molecule has 3 heterocycles. The van der Waals surface area contributed by atoms with Crippen molar-refractivity contribution in [1.82, 2.24) is 19.7 Å². The number of fused-ring (bicyclic) bond motifs is 1. The van der Waals surface area contributed by atoms with Crippen LogP contribution in [-0.4, -0.2) is 36.8 Å². The van der Waals surface area contributed by atoms with Crippen LogP contribution in [-0.2, 0) is 24.4 Å². The molecule has 1 aliphatic rings. The quantitative estimate of drug-likeness (QED) is 0.931. The molecule has 9 heteroatoms. The van der Waals surface area contributed by atoms with Gasteiger partial charge in [-0.15, -0.1) is 21.5 Å². The largest absolute Gasteiger partial charge is 0.480 e. The minimum absolute atomic E-state index is 0.0259. The molecule has 0 saturated carbocycles. The lowest BCUT2D eigenvalue weighted by Crippen LogP contribution is -2.47. The molecule has 3 rings (SSSR count). The number of hydrogen-bond acceptors (Lipinski definition) is 5. The van der Waals surface area contributed by atoms with Gasteiger partial charge in [-0.2, -0.15) is 0 Å². The summed E-state index contributed by atoms with van der Waals surface area (Å²) in [5.41, 5.74) is -0.0259. The third-order valence-electron chi connectivity index (χ3n) is 3.42. The van der Waals surface area contributed by atoms with E-state index in [0.29, 0.717) is 23.8 Å². The van der Waals surface area contributed by atoms with Gasteiger partial charge in [-0.05, 0) is 11.4 Å². The van der Waals surface area contributed by atoms with Crippen LogP contribution in [0.5, 0.6) is 0 Å². The molecule has 1 aliphatic heterocycles. The summed E-state index contributed by atoms with van der Waals surface area (Å²) < 4.78 is 26.9. The van der Waals surface area contributed by atoms with Crippen LogP contribution in [0.25, 0.3) is 0 Å². The Morgan fingerprint density at radius 2 is 2.38 bits per heavy atom. The van der Waals surface area contributed by atoms with Crippen molar-refractivity contribution in [3.05, 3.63) is 34.0 Å². The maximum absolute atomic E-state index is 12.6. The molecular formula is C12H12F2N4O2S. The van der Waals surface area contributed by atoms with Gasteiger partial charge in [-0.3, -0.25) is 9.69 Å². The molecule has 0 fully saturated rings. The van der Waals surface area contributed by atoms with Gasteiger partial charge in [-0.1, -0.05) is 0 Å². The van der Waals surface area contributed by atoms with Crippen LogP contribution in [0.1, 0.15) is 22.7 Å². The molecule has 0 spiro atoms. The predicted molar refractivity (Wildman–Crippen MR) is 70.0 cm³/mol. The minimum Gasteiger partial charge on any atom is -0.480 e. The summed E-state index contributed by atoms with van der Waals surface area (Å²) in [5.74, 6) is -0.266. The number of hydrogen-bond donors (Lipinski definition) is 1. The normalized spacial score (nSPS) is 18.9. The van der Waals surface area contributed by atoms with E-state index in [9.17, 15) is 18.7 Å². The molecule has 112 valence electrons. The van der Waals surface area contributed by atoms with E-state index < -0.39 is 18.4 Å². The van der Waals surface area contributed by atoms with E-state index in [2.05, 4.69) is 10.2 Å². The monoisotopic (exact) mass is 314 g/mol. The zero-order valence-electron chi connectivity index (χ0n) is 10.8. The van der Waals surface area contributed by atoms with Gasteiger partial charge in [0, 0.05) is 17.0 Å². The Labute approximate surface area is 122 Å². The number of carboxylic acids is 1.